The van der Waals surface area contributed by atoms with Crippen molar-refractivity contribution >= 4 is 17.3 Å². The molecule has 2 aromatic rings. The Kier molecular flexibility index (Phi) is 3.55. The summed E-state index contributed by atoms with van der Waals surface area (Å²) in [5, 5.41) is 6.93. The number of amides is 1. The van der Waals surface area contributed by atoms with E-state index >= 15 is 0 Å². The molecule has 0 atom stereocenters. The molecule has 5 nitrogen and oxygen atoms in total. The Hall–Kier alpha value is -2.30. The van der Waals surface area contributed by atoms with Crippen LogP contribution in [0.1, 0.15) is 16.1 Å². The molecule has 100 valence electrons. The standard InChI is InChI=1S/C14H18N4O/c1-10-13(9-15-18(10)4)14(19)16-11-5-7-12(8-6-11)17(2)3/h5-9H,1-4H3,(H,16,19). The lowest BCUT2D eigenvalue weighted by Gasteiger charge is -2.13. The Morgan fingerprint density at radius 2 is 1.89 bits per heavy atom. The molecule has 2 rings (SSSR count). The minimum Gasteiger partial charge on any atom is -0.378 e. The van der Waals surface area contributed by atoms with E-state index in [1.54, 1.807) is 10.9 Å². The van der Waals surface area contributed by atoms with Crippen molar-refractivity contribution < 1.29 is 4.79 Å². The molecule has 0 bridgehead atoms. The van der Waals surface area contributed by atoms with Crippen LogP contribution in [0.25, 0.3) is 0 Å². The largest absolute Gasteiger partial charge is 0.378 e. The lowest BCUT2D eigenvalue weighted by atomic mass is 10.2. The quantitative estimate of drug-likeness (QED) is 0.916. The van der Waals surface area contributed by atoms with Crippen LogP contribution in [0.3, 0.4) is 0 Å². The van der Waals surface area contributed by atoms with Gasteiger partial charge in [0.25, 0.3) is 5.91 Å². The van der Waals surface area contributed by atoms with Crippen LogP contribution >= 0.6 is 0 Å². The second kappa shape index (κ2) is 5.14. The highest BCUT2D eigenvalue weighted by atomic mass is 16.1. The minimum absolute atomic E-state index is 0.136. The molecule has 0 aliphatic carbocycles. The van der Waals surface area contributed by atoms with Gasteiger partial charge in [0.15, 0.2) is 0 Å². The van der Waals surface area contributed by atoms with Gasteiger partial charge in [0, 0.05) is 38.2 Å². The van der Waals surface area contributed by atoms with Crippen LogP contribution in [0.2, 0.25) is 0 Å². The molecule has 19 heavy (non-hydrogen) atoms. The van der Waals surface area contributed by atoms with Gasteiger partial charge in [-0.05, 0) is 31.2 Å². The van der Waals surface area contributed by atoms with Gasteiger partial charge < -0.3 is 10.2 Å². The van der Waals surface area contributed by atoms with Gasteiger partial charge in [0.05, 0.1) is 11.8 Å². The fourth-order valence-electron chi connectivity index (χ4n) is 1.76. The number of hydrogen-bond acceptors (Lipinski definition) is 3. The normalized spacial score (nSPS) is 10.3. The molecule has 0 fully saturated rings. The summed E-state index contributed by atoms with van der Waals surface area (Å²) in [5.41, 5.74) is 3.32. The summed E-state index contributed by atoms with van der Waals surface area (Å²) in [6, 6.07) is 7.70. The van der Waals surface area contributed by atoms with Crippen LogP contribution in [0.15, 0.2) is 30.5 Å². The van der Waals surface area contributed by atoms with Gasteiger partial charge in [-0.25, -0.2) is 0 Å². The van der Waals surface area contributed by atoms with Gasteiger partial charge in [-0.2, -0.15) is 5.10 Å². The lowest BCUT2D eigenvalue weighted by Crippen LogP contribution is -2.13. The molecule has 0 aliphatic heterocycles. The van der Waals surface area contributed by atoms with E-state index in [2.05, 4.69) is 10.4 Å². The van der Waals surface area contributed by atoms with Crippen LogP contribution in [0.4, 0.5) is 11.4 Å². The first kappa shape index (κ1) is 13.1. The van der Waals surface area contributed by atoms with Crippen LogP contribution in [0, 0.1) is 6.92 Å². The molecule has 0 unspecified atom stereocenters. The van der Waals surface area contributed by atoms with Crippen LogP contribution in [0.5, 0.6) is 0 Å². The Bertz CT molecular complexity index is 584. The fourth-order valence-corrected chi connectivity index (χ4v) is 1.76. The number of nitrogens with zero attached hydrogens (tertiary/aromatic N) is 3. The van der Waals surface area contributed by atoms with Gasteiger partial charge in [0.2, 0.25) is 0 Å². The molecule has 1 aromatic carbocycles. The Morgan fingerprint density at radius 3 is 2.37 bits per heavy atom. The molecule has 0 saturated carbocycles. The number of carbonyl (C=O) groups is 1. The van der Waals surface area contributed by atoms with E-state index in [0.29, 0.717) is 5.56 Å². The van der Waals surface area contributed by atoms with Crippen molar-refractivity contribution in [3.63, 3.8) is 0 Å². The lowest BCUT2D eigenvalue weighted by molar-refractivity contribution is 0.102. The van der Waals surface area contributed by atoms with Crippen molar-refractivity contribution in [3.05, 3.63) is 41.7 Å². The van der Waals surface area contributed by atoms with E-state index < -0.39 is 0 Å². The van der Waals surface area contributed by atoms with E-state index in [1.165, 1.54) is 0 Å². The van der Waals surface area contributed by atoms with Crippen molar-refractivity contribution in [3.8, 4) is 0 Å². The monoisotopic (exact) mass is 258 g/mol. The summed E-state index contributed by atoms with van der Waals surface area (Å²) < 4.78 is 1.68. The highest BCUT2D eigenvalue weighted by molar-refractivity contribution is 6.04. The zero-order chi connectivity index (χ0) is 14.0. The second-order valence-corrected chi connectivity index (χ2v) is 4.66. The maximum Gasteiger partial charge on any atom is 0.259 e. The van der Waals surface area contributed by atoms with Gasteiger partial charge >= 0.3 is 0 Å². The second-order valence-electron chi connectivity index (χ2n) is 4.66. The molecule has 1 heterocycles. The summed E-state index contributed by atoms with van der Waals surface area (Å²) in [5.74, 6) is -0.136. The van der Waals surface area contributed by atoms with Crippen molar-refractivity contribution in [2.24, 2.45) is 7.05 Å². The zero-order valence-electron chi connectivity index (χ0n) is 11.6. The zero-order valence-corrected chi connectivity index (χ0v) is 11.6. The smallest absolute Gasteiger partial charge is 0.259 e. The maximum absolute atomic E-state index is 12.1. The van der Waals surface area contributed by atoms with E-state index in [1.807, 2.05) is 57.2 Å². The van der Waals surface area contributed by atoms with E-state index in [4.69, 9.17) is 0 Å². The predicted octanol–water partition coefficient (Wildman–Crippen LogP) is 2.05. The van der Waals surface area contributed by atoms with E-state index in [0.717, 1.165) is 17.1 Å². The average Bonchev–Trinajstić information content (AvgIpc) is 2.70. The van der Waals surface area contributed by atoms with Crippen LogP contribution in [-0.4, -0.2) is 29.8 Å². The summed E-state index contributed by atoms with van der Waals surface area (Å²) in [7, 11) is 5.77. The minimum atomic E-state index is -0.136. The molecule has 0 spiro atoms. The number of nitrogens with one attached hydrogen (secondary N) is 1. The average molecular weight is 258 g/mol. The van der Waals surface area contributed by atoms with E-state index in [-0.39, 0.29) is 5.91 Å². The van der Waals surface area contributed by atoms with E-state index in [9.17, 15) is 4.79 Å². The summed E-state index contributed by atoms with van der Waals surface area (Å²) in [4.78, 5) is 14.1. The first-order valence-electron chi connectivity index (χ1n) is 6.06. The van der Waals surface area contributed by atoms with Crippen molar-refractivity contribution in [2.45, 2.75) is 6.92 Å². The topological polar surface area (TPSA) is 50.2 Å². The molecular weight excluding hydrogens is 240 g/mol. The van der Waals surface area contributed by atoms with Gasteiger partial charge in [-0.15, -0.1) is 0 Å². The van der Waals surface area contributed by atoms with Crippen molar-refractivity contribution in [2.75, 3.05) is 24.3 Å². The molecule has 0 aliphatic rings. The highest BCUT2D eigenvalue weighted by Crippen LogP contribution is 2.17. The van der Waals surface area contributed by atoms with Gasteiger partial charge in [-0.1, -0.05) is 0 Å². The molecule has 5 heteroatoms. The number of hydrogen-bond donors (Lipinski definition) is 1. The fraction of sp³-hybridized carbons (Fsp3) is 0.286. The van der Waals surface area contributed by atoms with Crippen LogP contribution < -0.4 is 10.2 Å². The Balaban J connectivity index is 2.13. The number of aryl methyl sites for hydroxylation is 1. The highest BCUT2D eigenvalue weighted by Gasteiger charge is 2.12. The summed E-state index contributed by atoms with van der Waals surface area (Å²) in [6.45, 7) is 1.87. The molecular formula is C14H18N4O. The van der Waals surface area contributed by atoms with Crippen molar-refractivity contribution in [1.82, 2.24) is 9.78 Å². The van der Waals surface area contributed by atoms with Gasteiger partial charge in [-0.3, -0.25) is 9.48 Å². The number of benzene rings is 1. The van der Waals surface area contributed by atoms with Crippen molar-refractivity contribution in [1.29, 1.82) is 0 Å². The molecule has 1 aromatic heterocycles. The molecule has 0 saturated heterocycles. The molecule has 1 amide bonds. The summed E-state index contributed by atoms with van der Waals surface area (Å²) >= 11 is 0. The van der Waals surface area contributed by atoms with Gasteiger partial charge in [0.1, 0.15) is 0 Å². The Morgan fingerprint density at radius 1 is 1.26 bits per heavy atom. The number of rotatable bonds is 3. The number of anilines is 2. The SMILES string of the molecule is Cc1c(C(=O)Nc2ccc(N(C)C)cc2)cnn1C. The number of carbonyl (C=O) groups excluding carboxylic acids is 1. The third-order valence-corrected chi connectivity index (χ3v) is 3.12. The predicted molar refractivity (Wildman–Crippen MR) is 76.7 cm³/mol. The third-order valence-electron chi connectivity index (χ3n) is 3.12. The number of aromatic nitrogens is 2. The van der Waals surface area contributed by atoms with Crippen LogP contribution in [-0.2, 0) is 7.05 Å². The molecule has 0 radical (unpaired) electrons. The third kappa shape index (κ3) is 2.76. The Labute approximate surface area is 112 Å². The maximum atomic E-state index is 12.1. The summed E-state index contributed by atoms with van der Waals surface area (Å²) in [6.07, 6.45) is 1.58. The first-order valence-corrected chi connectivity index (χ1v) is 6.06. The first-order chi connectivity index (χ1) is 8.99. The molecule has 1 N–H and O–H groups in total.